The van der Waals surface area contributed by atoms with E-state index in [4.69, 9.17) is 16.9 Å². The van der Waals surface area contributed by atoms with E-state index in [-0.39, 0.29) is 11.1 Å². The number of nitrogens with one attached hydrogen (secondary N) is 1. The van der Waals surface area contributed by atoms with Crippen molar-refractivity contribution in [3.8, 4) is 17.5 Å². The predicted octanol–water partition coefficient (Wildman–Crippen LogP) is 4.54. The average Bonchev–Trinajstić information content (AvgIpc) is 3.33. The van der Waals surface area contributed by atoms with Crippen LogP contribution in [0.25, 0.3) is 11.4 Å². The molecule has 3 heterocycles. The Balaban J connectivity index is 1.53. The van der Waals surface area contributed by atoms with Crippen LogP contribution in [0.15, 0.2) is 53.9 Å². The SMILES string of the molecule is Cc1nn(Cc2ccccc2)c(Cl)c1C(=O)Nc1nc(-c2cccc(C#N)n2)cs1. The number of aryl methyl sites for hydroxylation is 1. The molecule has 4 aromatic rings. The maximum atomic E-state index is 12.8. The smallest absolute Gasteiger partial charge is 0.262 e. The Morgan fingerprint density at radius 2 is 1.97 bits per heavy atom. The molecule has 148 valence electrons. The van der Waals surface area contributed by atoms with E-state index in [1.54, 1.807) is 35.2 Å². The maximum absolute atomic E-state index is 12.8. The molecule has 0 aliphatic rings. The second-order valence-electron chi connectivity index (χ2n) is 6.41. The van der Waals surface area contributed by atoms with Crippen LogP contribution in [0.3, 0.4) is 0 Å². The van der Waals surface area contributed by atoms with Gasteiger partial charge < -0.3 is 0 Å². The molecule has 0 bridgehead atoms. The standard InChI is InChI=1S/C21H15ClN6OS/c1-13-18(19(22)28(27-13)11-14-6-3-2-4-7-14)20(29)26-21-25-17(12-30-21)16-9-5-8-15(10-23)24-16/h2-9,12H,11H2,1H3,(H,25,26,29). The summed E-state index contributed by atoms with van der Waals surface area (Å²) in [5, 5.41) is 18.6. The highest BCUT2D eigenvalue weighted by molar-refractivity contribution is 7.14. The number of carbonyl (C=O) groups is 1. The van der Waals surface area contributed by atoms with Crippen molar-refractivity contribution in [1.29, 1.82) is 5.26 Å². The largest absolute Gasteiger partial charge is 0.298 e. The molecule has 0 saturated carbocycles. The van der Waals surface area contributed by atoms with E-state index in [1.165, 1.54) is 11.3 Å². The maximum Gasteiger partial charge on any atom is 0.262 e. The van der Waals surface area contributed by atoms with Crippen LogP contribution in [0.1, 0.15) is 27.3 Å². The third-order valence-corrected chi connectivity index (χ3v) is 5.46. The lowest BCUT2D eigenvalue weighted by Crippen LogP contribution is -2.13. The number of hydrogen-bond donors (Lipinski definition) is 1. The van der Waals surface area contributed by atoms with Gasteiger partial charge in [-0.3, -0.25) is 10.1 Å². The molecule has 7 nitrogen and oxygen atoms in total. The van der Waals surface area contributed by atoms with Crippen LogP contribution < -0.4 is 5.32 Å². The molecule has 0 atom stereocenters. The van der Waals surface area contributed by atoms with Crippen LogP contribution in [0.4, 0.5) is 5.13 Å². The summed E-state index contributed by atoms with van der Waals surface area (Å²) >= 11 is 7.72. The van der Waals surface area contributed by atoms with Crippen LogP contribution in [0.5, 0.6) is 0 Å². The molecule has 0 saturated heterocycles. The highest BCUT2D eigenvalue weighted by Gasteiger charge is 2.21. The molecular weight excluding hydrogens is 420 g/mol. The Hall–Kier alpha value is -3.54. The molecule has 30 heavy (non-hydrogen) atoms. The molecule has 3 aromatic heterocycles. The number of nitriles is 1. The fraction of sp³-hybridized carbons (Fsp3) is 0.0952. The zero-order valence-corrected chi connectivity index (χ0v) is 17.4. The first kappa shape index (κ1) is 19.8. The van der Waals surface area contributed by atoms with Gasteiger partial charge >= 0.3 is 0 Å². The normalized spacial score (nSPS) is 10.6. The molecule has 0 unspecified atom stereocenters. The Kier molecular flexibility index (Phi) is 5.57. The summed E-state index contributed by atoms with van der Waals surface area (Å²) in [6.07, 6.45) is 0. The Morgan fingerprint density at radius 1 is 1.17 bits per heavy atom. The number of hydrogen-bond acceptors (Lipinski definition) is 6. The summed E-state index contributed by atoms with van der Waals surface area (Å²) in [6.45, 7) is 2.21. The number of amides is 1. The van der Waals surface area contributed by atoms with Gasteiger partial charge in [0.1, 0.15) is 22.6 Å². The van der Waals surface area contributed by atoms with Crippen molar-refractivity contribution in [1.82, 2.24) is 19.7 Å². The highest BCUT2D eigenvalue weighted by Crippen LogP contribution is 2.26. The third-order valence-electron chi connectivity index (χ3n) is 4.32. The lowest BCUT2D eigenvalue weighted by Gasteiger charge is -2.04. The van der Waals surface area contributed by atoms with Crippen LogP contribution in [0, 0.1) is 18.3 Å². The number of carbonyl (C=O) groups excluding carboxylic acids is 1. The molecule has 9 heteroatoms. The molecule has 0 aliphatic heterocycles. The number of nitrogens with zero attached hydrogens (tertiary/aromatic N) is 5. The van der Waals surface area contributed by atoms with E-state index in [2.05, 4.69) is 20.4 Å². The Bertz CT molecular complexity index is 1260. The summed E-state index contributed by atoms with van der Waals surface area (Å²) < 4.78 is 1.60. The quantitative estimate of drug-likeness (QED) is 0.497. The number of thiazole rings is 1. The molecule has 1 N–H and O–H groups in total. The van der Waals surface area contributed by atoms with Crippen molar-refractivity contribution in [3.63, 3.8) is 0 Å². The minimum absolute atomic E-state index is 0.272. The van der Waals surface area contributed by atoms with Crippen molar-refractivity contribution in [3.05, 3.63) is 81.6 Å². The van der Waals surface area contributed by atoms with Crippen LogP contribution in [-0.2, 0) is 6.54 Å². The minimum atomic E-state index is -0.378. The summed E-state index contributed by atoms with van der Waals surface area (Å²) in [4.78, 5) is 21.4. The number of rotatable bonds is 5. The average molecular weight is 435 g/mol. The molecular formula is C21H15ClN6OS. The van der Waals surface area contributed by atoms with E-state index >= 15 is 0 Å². The summed E-state index contributed by atoms with van der Waals surface area (Å²) in [5.74, 6) is -0.378. The highest BCUT2D eigenvalue weighted by atomic mass is 35.5. The first-order valence-electron chi connectivity index (χ1n) is 8.96. The van der Waals surface area contributed by atoms with Gasteiger partial charge in [0.15, 0.2) is 5.13 Å². The molecule has 1 aromatic carbocycles. The zero-order valence-electron chi connectivity index (χ0n) is 15.8. The van der Waals surface area contributed by atoms with Crippen molar-refractivity contribution in [2.75, 3.05) is 5.32 Å². The van der Waals surface area contributed by atoms with Gasteiger partial charge in [-0.2, -0.15) is 10.4 Å². The lowest BCUT2D eigenvalue weighted by molar-refractivity contribution is 0.102. The van der Waals surface area contributed by atoms with Crippen LogP contribution >= 0.6 is 22.9 Å². The van der Waals surface area contributed by atoms with Gasteiger partial charge in [0.2, 0.25) is 0 Å². The fourth-order valence-corrected chi connectivity index (χ4v) is 3.94. The second-order valence-corrected chi connectivity index (χ2v) is 7.62. The molecule has 0 fully saturated rings. The number of anilines is 1. The Labute approximate surface area is 181 Å². The van der Waals surface area contributed by atoms with Crippen LogP contribution in [-0.4, -0.2) is 25.7 Å². The van der Waals surface area contributed by atoms with E-state index in [0.717, 1.165) is 5.56 Å². The van der Waals surface area contributed by atoms with E-state index < -0.39 is 0 Å². The van der Waals surface area contributed by atoms with Gasteiger partial charge in [-0.25, -0.2) is 14.6 Å². The Morgan fingerprint density at radius 3 is 2.73 bits per heavy atom. The third kappa shape index (κ3) is 4.08. The molecule has 0 aliphatic carbocycles. The molecule has 0 spiro atoms. The summed E-state index contributed by atoms with van der Waals surface area (Å²) in [6, 6.07) is 16.9. The number of benzene rings is 1. The van der Waals surface area contributed by atoms with Crippen molar-refractivity contribution < 1.29 is 4.79 Å². The first-order chi connectivity index (χ1) is 14.5. The number of aromatic nitrogens is 4. The molecule has 1 amide bonds. The van der Waals surface area contributed by atoms with E-state index in [1.807, 2.05) is 36.4 Å². The van der Waals surface area contributed by atoms with Gasteiger partial charge in [0, 0.05) is 5.38 Å². The lowest BCUT2D eigenvalue weighted by atomic mass is 10.2. The number of pyridine rings is 1. The predicted molar refractivity (Wildman–Crippen MR) is 116 cm³/mol. The second kappa shape index (κ2) is 8.45. The van der Waals surface area contributed by atoms with Crippen molar-refractivity contribution in [2.24, 2.45) is 0 Å². The first-order valence-corrected chi connectivity index (χ1v) is 10.2. The molecule has 4 rings (SSSR count). The minimum Gasteiger partial charge on any atom is -0.298 e. The fourth-order valence-electron chi connectivity index (χ4n) is 2.92. The van der Waals surface area contributed by atoms with Crippen LogP contribution in [0.2, 0.25) is 5.15 Å². The monoisotopic (exact) mass is 434 g/mol. The van der Waals surface area contributed by atoms with E-state index in [0.29, 0.717) is 40.0 Å². The van der Waals surface area contributed by atoms with Gasteiger partial charge in [-0.15, -0.1) is 11.3 Å². The topological polar surface area (TPSA) is 96.5 Å². The van der Waals surface area contributed by atoms with Gasteiger partial charge in [0.25, 0.3) is 5.91 Å². The van der Waals surface area contributed by atoms with Crippen molar-refractivity contribution in [2.45, 2.75) is 13.5 Å². The summed E-state index contributed by atoms with van der Waals surface area (Å²) in [7, 11) is 0. The van der Waals surface area contributed by atoms with Gasteiger partial charge in [-0.05, 0) is 24.6 Å². The van der Waals surface area contributed by atoms with Gasteiger partial charge in [-0.1, -0.05) is 48.0 Å². The zero-order chi connectivity index (χ0) is 21.1. The van der Waals surface area contributed by atoms with Gasteiger partial charge in [0.05, 0.1) is 23.5 Å². The van der Waals surface area contributed by atoms with Crippen molar-refractivity contribution >= 4 is 34.0 Å². The summed E-state index contributed by atoms with van der Waals surface area (Å²) in [5.41, 5.74) is 3.33. The van der Waals surface area contributed by atoms with E-state index in [9.17, 15) is 4.79 Å². The molecule has 0 radical (unpaired) electrons. The number of halogens is 1.